The molecule has 2 aromatic carbocycles. The zero-order chi connectivity index (χ0) is 18.1. The van der Waals surface area contributed by atoms with Crippen molar-refractivity contribution in [2.75, 3.05) is 0 Å². The summed E-state index contributed by atoms with van der Waals surface area (Å²) in [5, 5.41) is 3.86. The van der Waals surface area contributed by atoms with Crippen molar-refractivity contribution in [3.05, 3.63) is 62.5 Å². The van der Waals surface area contributed by atoms with E-state index in [4.69, 9.17) is 4.98 Å². The maximum Gasteiger partial charge on any atom is 0.252 e. The van der Waals surface area contributed by atoms with Gasteiger partial charge in [0.05, 0.1) is 16.8 Å². The number of hydrogen-bond acceptors (Lipinski definition) is 2. The molecule has 1 N–H and O–H groups in total. The molecule has 1 amide bonds. The molecule has 0 aliphatic heterocycles. The number of carbonyl (C=O) groups excluding carboxylic acids is 1. The molecule has 1 heterocycles. The zero-order valence-corrected chi connectivity index (χ0v) is 17.4. The molecule has 0 fully saturated rings. The Labute approximate surface area is 164 Å². The molecule has 128 valence electrons. The molecule has 0 saturated carbocycles. The van der Waals surface area contributed by atoms with Gasteiger partial charge in [-0.15, -0.1) is 0 Å². The van der Waals surface area contributed by atoms with E-state index in [1.807, 2.05) is 63.2 Å². The standard InChI is InChI=1S/C20H18Br2N2O/c1-11(2)23-20(25)18-12(3)19(13-4-6-14(21)7-5-13)24-17-9-8-15(22)10-16(17)18/h4-11H,1-3H3,(H,23,25). The van der Waals surface area contributed by atoms with Gasteiger partial charge < -0.3 is 5.32 Å². The highest BCUT2D eigenvalue weighted by molar-refractivity contribution is 9.10. The van der Waals surface area contributed by atoms with E-state index in [1.165, 1.54) is 0 Å². The van der Waals surface area contributed by atoms with E-state index in [0.29, 0.717) is 5.56 Å². The number of rotatable bonds is 3. The van der Waals surface area contributed by atoms with E-state index in [0.717, 1.165) is 36.7 Å². The number of amides is 1. The maximum absolute atomic E-state index is 12.9. The Hall–Kier alpha value is -1.72. The van der Waals surface area contributed by atoms with Crippen LogP contribution in [0.15, 0.2) is 51.4 Å². The first-order valence-electron chi connectivity index (χ1n) is 8.03. The van der Waals surface area contributed by atoms with Crippen molar-refractivity contribution < 1.29 is 4.79 Å². The van der Waals surface area contributed by atoms with Crippen LogP contribution in [0.4, 0.5) is 0 Å². The summed E-state index contributed by atoms with van der Waals surface area (Å²) in [5.41, 5.74) is 4.19. The van der Waals surface area contributed by atoms with Gasteiger partial charge in [0.25, 0.3) is 5.91 Å². The van der Waals surface area contributed by atoms with Gasteiger partial charge in [0, 0.05) is 25.9 Å². The van der Waals surface area contributed by atoms with E-state index in [-0.39, 0.29) is 11.9 Å². The van der Waals surface area contributed by atoms with Crippen molar-refractivity contribution in [1.29, 1.82) is 0 Å². The van der Waals surface area contributed by atoms with Gasteiger partial charge in [0.1, 0.15) is 0 Å². The molecule has 0 aliphatic rings. The second-order valence-corrected chi connectivity index (χ2v) is 8.09. The first-order chi connectivity index (χ1) is 11.9. The Kier molecular flexibility index (Phi) is 5.25. The SMILES string of the molecule is Cc1c(-c2ccc(Br)cc2)nc2ccc(Br)cc2c1C(=O)NC(C)C. The number of aromatic nitrogens is 1. The molecule has 0 unspecified atom stereocenters. The van der Waals surface area contributed by atoms with Gasteiger partial charge in [-0.25, -0.2) is 4.98 Å². The second kappa shape index (κ2) is 7.26. The number of nitrogens with one attached hydrogen (secondary N) is 1. The van der Waals surface area contributed by atoms with Crippen LogP contribution in [0.2, 0.25) is 0 Å². The lowest BCUT2D eigenvalue weighted by atomic mass is 9.97. The van der Waals surface area contributed by atoms with Crippen LogP contribution in [0, 0.1) is 6.92 Å². The summed E-state index contributed by atoms with van der Waals surface area (Å²) in [7, 11) is 0. The topological polar surface area (TPSA) is 42.0 Å². The number of carbonyl (C=O) groups is 1. The number of hydrogen-bond donors (Lipinski definition) is 1. The van der Waals surface area contributed by atoms with Gasteiger partial charge in [0.15, 0.2) is 0 Å². The molecular weight excluding hydrogens is 444 g/mol. The van der Waals surface area contributed by atoms with Crippen molar-refractivity contribution in [2.24, 2.45) is 0 Å². The third-order valence-electron chi connectivity index (χ3n) is 3.95. The fourth-order valence-electron chi connectivity index (χ4n) is 2.85. The molecule has 0 saturated heterocycles. The minimum absolute atomic E-state index is 0.0680. The summed E-state index contributed by atoms with van der Waals surface area (Å²) in [6.45, 7) is 5.88. The van der Waals surface area contributed by atoms with Crippen LogP contribution >= 0.6 is 31.9 Å². The minimum Gasteiger partial charge on any atom is -0.350 e. The molecular formula is C20H18Br2N2O. The van der Waals surface area contributed by atoms with E-state index < -0.39 is 0 Å². The predicted molar refractivity (Wildman–Crippen MR) is 110 cm³/mol. The van der Waals surface area contributed by atoms with Crippen LogP contribution in [0.3, 0.4) is 0 Å². The third kappa shape index (κ3) is 3.77. The number of nitrogens with zero attached hydrogens (tertiary/aromatic N) is 1. The van der Waals surface area contributed by atoms with Gasteiger partial charge in [-0.05, 0) is 56.7 Å². The Morgan fingerprint density at radius 1 is 1.04 bits per heavy atom. The van der Waals surface area contributed by atoms with Crippen molar-refractivity contribution in [1.82, 2.24) is 10.3 Å². The van der Waals surface area contributed by atoms with Gasteiger partial charge in [-0.3, -0.25) is 4.79 Å². The molecule has 0 atom stereocenters. The minimum atomic E-state index is -0.0728. The van der Waals surface area contributed by atoms with Crippen LogP contribution in [0.25, 0.3) is 22.2 Å². The number of benzene rings is 2. The Bertz CT molecular complexity index is 950. The fourth-order valence-corrected chi connectivity index (χ4v) is 3.47. The van der Waals surface area contributed by atoms with Crippen LogP contribution in [-0.2, 0) is 0 Å². The summed E-state index contributed by atoms with van der Waals surface area (Å²) in [4.78, 5) is 17.7. The second-order valence-electron chi connectivity index (χ2n) is 6.26. The van der Waals surface area contributed by atoms with Gasteiger partial charge in [-0.2, -0.15) is 0 Å². The molecule has 3 aromatic rings. The average Bonchev–Trinajstić information content (AvgIpc) is 2.54. The molecule has 3 nitrogen and oxygen atoms in total. The fraction of sp³-hybridized carbons (Fsp3) is 0.200. The highest BCUT2D eigenvalue weighted by Crippen LogP contribution is 2.31. The van der Waals surface area contributed by atoms with E-state index in [1.54, 1.807) is 0 Å². The summed E-state index contributed by atoms with van der Waals surface area (Å²) in [6.07, 6.45) is 0. The van der Waals surface area contributed by atoms with Gasteiger partial charge in [-0.1, -0.05) is 44.0 Å². The number of pyridine rings is 1. The predicted octanol–water partition coefficient (Wildman–Crippen LogP) is 5.87. The van der Waals surface area contributed by atoms with Crippen LogP contribution < -0.4 is 5.32 Å². The van der Waals surface area contributed by atoms with Crippen LogP contribution in [0.5, 0.6) is 0 Å². The molecule has 25 heavy (non-hydrogen) atoms. The largest absolute Gasteiger partial charge is 0.350 e. The van der Waals surface area contributed by atoms with E-state index in [2.05, 4.69) is 37.2 Å². The molecule has 0 radical (unpaired) electrons. The summed E-state index contributed by atoms with van der Waals surface area (Å²) in [6, 6.07) is 13.9. The average molecular weight is 462 g/mol. The Morgan fingerprint density at radius 3 is 2.32 bits per heavy atom. The van der Waals surface area contributed by atoms with Crippen LogP contribution in [-0.4, -0.2) is 16.9 Å². The maximum atomic E-state index is 12.9. The quantitative estimate of drug-likeness (QED) is 0.529. The van der Waals surface area contributed by atoms with E-state index in [9.17, 15) is 4.79 Å². The molecule has 0 spiro atoms. The zero-order valence-electron chi connectivity index (χ0n) is 14.2. The summed E-state index contributed by atoms with van der Waals surface area (Å²) in [5.74, 6) is -0.0728. The van der Waals surface area contributed by atoms with Gasteiger partial charge in [0.2, 0.25) is 0 Å². The van der Waals surface area contributed by atoms with E-state index >= 15 is 0 Å². The highest BCUT2D eigenvalue weighted by atomic mass is 79.9. The number of halogens is 2. The Balaban J connectivity index is 2.29. The highest BCUT2D eigenvalue weighted by Gasteiger charge is 2.19. The first kappa shape index (κ1) is 18.1. The van der Waals surface area contributed by atoms with Crippen molar-refractivity contribution >= 4 is 48.7 Å². The lowest BCUT2D eigenvalue weighted by Crippen LogP contribution is -2.31. The lowest BCUT2D eigenvalue weighted by Gasteiger charge is -2.16. The molecule has 1 aromatic heterocycles. The summed E-state index contributed by atoms with van der Waals surface area (Å²) < 4.78 is 1.94. The number of fused-ring (bicyclic) bond motifs is 1. The smallest absolute Gasteiger partial charge is 0.252 e. The monoisotopic (exact) mass is 460 g/mol. The molecule has 3 rings (SSSR count). The summed E-state index contributed by atoms with van der Waals surface area (Å²) >= 11 is 6.96. The Morgan fingerprint density at radius 2 is 1.68 bits per heavy atom. The normalized spacial score (nSPS) is 11.1. The van der Waals surface area contributed by atoms with Crippen LogP contribution in [0.1, 0.15) is 29.8 Å². The van der Waals surface area contributed by atoms with Gasteiger partial charge >= 0.3 is 0 Å². The lowest BCUT2D eigenvalue weighted by molar-refractivity contribution is 0.0944. The first-order valence-corrected chi connectivity index (χ1v) is 9.62. The molecule has 0 aliphatic carbocycles. The van der Waals surface area contributed by atoms with Crippen molar-refractivity contribution in [3.63, 3.8) is 0 Å². The third-order valence-corrected chi connectivity index (χ3v) is 4.98. The van der Waals surface area contributed by atoms with Crippen molar-refractivity contribution in [2.45, 2.75) is 26.8 Å². The van der Waals surface area contributed by atoms with Crippen molar-refractivity contribution in [3.8, 4) is 11.3 Å². The molecule has 0 bridgehead atoms. The molecule has 5 heteroatoms.